The van der Waals surface area contributed by atoms with E-state index in [0.717, 1.165) is 25.7 Å². The molecule has 0 heterocycles. The first-order valence-corrected chi connectivity index (χ1v) is 23.1. The Labute approximate surface area is 316 Å². The van der Waals surface area contributed by atoms with E-state index >= 15 is 0 Å². The van der Waals surface area contributed by atoms with Crippen molar-refractivity contribution in [1.29, 1.82) is 0 Å². The minimum Gasteiger partial charge on any atom is -0.407 e. The van der Waals surface area contributed by atoms with Gasteiger partial charge < -0.3 is 19.1 Å². The maximum absolute atomic E-state index is 10.1. The molecule has 4 aromatic rings. The van der Waals surface area contributed by atoms with Gasteiger partial charge in [-0.3, -0.25) is 0 Å². The zero-order valence-electron chi connectivity index (χ0n) is 32.5. The second kappa shape index (κ2) is 16.9. The summed E-state index contributed by atoms with van der Waals surface area (Å²) in [5.41, 5.74) is -0.236. The zero-order chi connectivity index (χ0) is 37.4. The Morgan fingerprint density at radius 2 is 0.769 bits per heavy atom. The van der Waals surface area contributed by atoms with Crippen LogP contribution in [-0.2, 0) is 8.85 Å². The minimum absolute atomic E-state index is 0.00897. The molecule has 6 rings (SSSR count). The molecule has 6 heteroatoms. The number of hydrogen-bond donors (Lipinski definition) is 2. The quantitative estimate of drug-likeness (QED) is 0.114. The predicted octanol–water partition coefficient (Wildman–Crippen LogP) is 8.01. The van der Waals surface area contributed by atoms with Crippen LogP contribution in [0, 0.1) is 10.8 Å². The molecule has 1 saturated carbocycles. The normalized spacial score (nSPS) is 17.1. The predicted molar refractivity (Wildman–Crippen MR) is 223 cm³/mol. The van der Waals surface area contributed by atoms with E-state index < -0.39 is 16.6 Å². The van der Waals surface area contributed by atoms with Crippen LogP contribution in [0.2, 0.25) is 10.1 Å². The van der Waals surface area contributed by atoms with Crippen LogP contribution in [0.15, 0.2) is 133 Å². The Morgan fingerprint density at radius 1 is 0.481 bits per heavy atom. The smallest absolute Gasteiger partial charge is 0.261 e. The number of rotatable bonds is 12. The van der Waals surface area contributed by atoms with Gasteiger partial charge in [-0.2, -0.15) is 0 Å². The number of aliphatic hydroxyl groups is 2. The zero-order valence-corrected chi connectivity index (χ0v) is 34.5. The fraction of sp³-hybridized carbons (Fsp3) is 0.435. The lowest BCUT2D eigenvalue weighted by Gasteiger charge is -2.45. The molecule has 0 aliphatic heterocycles. The summed E-state index contributed by atoms with van der Waals surface area (Å²) >= 11 is 0. The molecule has 278 valence electrons. The van der Waals surface area contributed by atoms with E-state index in [-0.39, 0.29) is 34.1 Å². The van der Waals surface area contributed by atoms with Crippen molar-refractivity contribution in [2.45, 2.75) is 90.1 Å². The first-order chi connectivity index (χ1) is 24.9. The van der Waals surface area contributed by atoms with Crippen LogP contribution in [0.4, 0.5) is 0 Å². The van der Waals surface area contributed by atoms with Crippen LogP contribution >= 0.6 is 0 Å². The molecule has 2 aliphatic rings. The van der Waals surface area contributed by atoms with Gasteiger partial charge in [0.2, 0.25) is 0 Å². The van der Waals surface area contributed by atoms with Crippen molar-refractivity contribution in [3.05, 3.63) is 133 Å². The SMILES string of the molecule is CC(C)(C)[Si](OCC1(CO)CC=CC1)(c1ccccc1)c1ccccc1.CC(C)(C)[Si](OCC1(CO)CCCC1)(c1ccccc1)c1ccccc1. The summed E-state index contributed by atoms with van der Waals surface area (Å²) in [5.74, 6) is 0. The van der Waals surface area contributed by atoms with Gasteiger partial charge in [0.1, 0.15) is 0 Å². The van der Waals surface area contributed by atoms with Crippen molar-refractivity contribution in [2.75, 3.05) is 26.4 Å². The van der Waals surface area contributed by atoms with Crippen molar-refractivity contribution in [3.63, 3.8) is 0 Å². The maximum Gasteiger partial charge on any atom is 0.261 e. The van der Waals surface area contributed by atoms with Crippen molar-refractivity contribution in [1.82, 2.24) is 0 Å². The van der Waals surface area contributed by atoms with E-state index in [4.69, 9.17) is 8.85 Å². The number of benzene rings is 4. The Bertz CT molecular complexity index is 1480. The van der Waals surface area contributed by atoms with E-state index in [1.807, 2.05) is 0 Å². The summed E-state index contributed by atoms with van der Waals surface area (Å²) in [6.45, 7) is 15.4. The van der Waals surface area contributed by atoms with Gasteiger partial charge in [-0.25, -0.2) is 0 Å². The summed E-state index contributed by atoms with van der Waals surface area (Å²) in [4.78, 5) is 0. The first-order valence-electron chi connectivity index (χ1n) is 19.2. The topological polar surface area (TPSA) is 58.9 Å². The van der Waals surface area contributed by atoms with E-state index in [0.29, 0.717) is 13.2 Å². The summed E-state index contributed by atoms with van der Waals surface area (Å²) in [7, 11) is -5.01. The fourth-order valence-electron chi connectivity index (χ4n) is 8.56. The molecule has 2 aliphatic carbocycles. The highest BCUT2D eigenvalue weighted by molar-refractivity contribution is 7.00. The second-order valence-electron chi connectivity index (χ2n) is 17.3. The van der Waals surface area contributed by atoms with Crippen molar-refractivity contribution in [2.24, 2.45) is 10.8 Å². The van der Waals surface area contributed by atoms with E-state index in [1.165, 1.54) is 33.6 Å². The van der Waals surface area contributed by atoms with Gasteiger partial charge >= 0.3 is 0 Å². The summed E-state index contributed by atoms with van der Waals surface area (Å²) in [5, 5.41) is 25.3. The molecule has 0 bridgehead atoms. The highest BCUT2D eigenvalue weighted by Crippen LogP contribution is 2.43. The Hall–Kier alpha value is -3.11. The third-order valence-corrected chi connectivity index (χ3v) is 21.6. The molecule has 0 atom stereocenters. The Kier molecular flexibility index (Phi) is 13.0. The van der Waals surface area contributed by atoms with E-state index in [2.05, 4.69) is 175 Å². The lowest BCUT2D eigenvalue weighted by Crippen LogP contribution is -2.67. The maximum atomic E-state index is 10.1. The van der Waals surface area contributed by atoms with Gasteiger partial charge in [0.15, 0.2) is 0 Å². The van der Waals surface area contributed by atoms with Crippen molar-refractivity contribution in [3.8, 4) is 0 Å². The molecule has 4 aromatic carbocycles. The fourth-order valence-corrected chi connectivity index (χ4v) is 17.9. The molecule has 0 amide bonds. The molecule has 0 saturated heterocycles. The number of hydrogen-bond acceptors (Lipinski definition) is 4. The molecule has 0 unspecified atom stereocenters. The number of allylic oxidation sites excluding steroid dienone is 2. The van der Waals surface area contributed by atoms with E-state index in [9.17, 15) is 10.2 Å². The summed E-state index contributed by atoms with van der Waals surface area (Å²) < 4.78 is 14.0. The lowest BCUT2D eigenvalue weighted by molar-refractivity contribution is 0.0674. The van der Waals surface area contributed by atoms with Crippen molar-refractivity contribution >= 4 is 37.4 Å². The van der Waals surface area contributed by atoms with E-state index in [1.54, 1.807) is 0 Å². The van der Waals surface area contributed by atoms with Crippen LogP contribution in [-0.4, -0.2) is 53.3 Å². The monoisotopic (exact) mass is 734 g/mol. The lowest BCUT2D eigenvalue weighted by atomic mass is 9.88. The second-order valence-corrected chi connectivity index (χ2v) is 25.9. The average molecular weight is 735 g/mol. The first kappa shape index (κ1) is 40.1. The molecule has 0 radical (unpaired) electrons. The van der Waals surface area contributed by atoms with Crippen LogP contribution in [0.5, 0.6) is 0 Å². The molecule has 4 nitrogen and oxygen atoms in total. The highest BCUT2D eigenvalue weighted by atomic mass is 28.4. The van der Waals surface area contributed by atoms with Gasteiger partial charge in [0, 0.05) is 24.0 Å². The van der Waals surface area contributed by atoms with Crippen LogP contribution in [0.1, 0.15) is 80.1 Å². The molecular weight excluding hydrogens is 673 g/mol. The Morgan fingerprint density at radius 3 is 1.04 bits per heavy atom. The molecular formula is C46H62O4Si2. The van der Waals surface area contributed by atoms with Gasteiger partial charge in [-0.15, -0.1) is 0 Å². The average Bonchev–Trinajstić information content (AvgIpc) is 3.84. The summed E-state index contributed by atoms with van der Waals surface area (Å²) in [6, 6.07) is 42.9. The molecule has 2 N–H and O–H groups in total. The third-order valence-electron chi connectivity index (χ3n) is 11.6. The molecule has 1 fully saturated rings. The third kappa shape index (κ3) is 8.33. The molecule has 0 spiro atoms. The minimum atomic E-state index is -2.52. The standard InChI is InChI=1S/C23H32O2Si.C23H30O2Si/c2*1-22(2,3)26(20-12-6-4-7-13-20,21-14-8-5-9-15-21)25-19-23(18-24)16-10-11-17-23/h4-9,12-15,24H,10-11,16-19H2,1-3H3;4-15,24H,16-19H2,1-3H3. The van der Waals surface area contributed by atoms with Gasteiger partial charge in [-0.1, -0.05) is 188 Å². The number of aliphatic hydroxyl groups excluding tert-OH is 2. The van der Waals surface area contributed by atoms with Crippen LogP contribution in [0.3, 0.4) is 0 Å². The van der Waals surface area contributed by atoms with Crippen LogP contribution in [0.25, 0.3) is 0 Å². The molecule has 52 heavy (non-hydrogen) atoms. The largest absolute Gasteiger partial charge is 0.407 e. The van der Waals surface area contributed by atoms with Crippen LogP contribution < -0.4 is 20.7 Å². The molecule has 0 aromatic heterocycles. The highest BCUT2D eigenvalue weighted by Gasteiger charge is 2.53. The van der Waals surface area contributed by atoms with Gasteiger partial charge in [0.25, 0.3) is 16.6 Å². The van der Waals surface area contributed by atoms with Crippen molar-refractivity contribution < 1.29 is 19.1 Å². The van der Waals surface area contributed by atoms with Gasteiger partial charge in [0.05, 0.1) is 13.2 Å². The van der Waals surface area contributed by atoms with Gasteiger partial charge in [-0.05, 0) is 56.5 Å². The summed E-state index contributed by atoms with van der Waals surface area (Å²) in [6.07, 6.45) is 10.7. The Balaban J connectivity index is 0.000000201.